The third-order valence-electron chi connectivity index (χ3n) is 3.71. The fraction of sp³-hybridized carbons (Fsp3) is 0.167. The maximum atomic E-state index is 6.01. The summed E-state index contributed by atoms with van der Waals surface area (Å²) in [6, 6.07) is 16.1. The van der Waals surface area contributed by atoms with Crippen molar-refractivity contribution in [2.75, 3.05) is 5.73 Å². The van der Waals surface area contributed by atoms with Gasteiger partial charge < -0.3 is 10.5 Å². The van der Waals surface area contributed by atoms with Gasteiger partial charge in [-0.3, -0.25) is 0 Å². The molecule has 0 unspecified atom stereocenters. The van der Waals surface area contributed by atoms with Crippen molar-refractivity contribution in [2.24, 2.45) is 0 Å². The molecule has 3 rings (SSSR count). The minimum atomic E-state index is 0.423. The van der Waals surface area contributed by atoms with Crippen LogP contribution in [0, 0.1) is 13.8 Å². The van der Waals surface area contributed by atoms with Crippen molar-refractivity contribution in [3.05, 3.63) is 65.2 Å². The zero-order chi connectivity index (χ0) is 14.8. The molecule has 0 aliphatic heterocycles. The lowest BCUT2D eigenvalue weighted by molar-refractivity contribution is 0.306. The predicted octanol–water partition coefficient (Wildman–Crippen LogP) is 4.01. The molecule has 0 saturated heterocycles. The number of hydrogen-bond donors (Lipinski definition) is 1. The van der Waals surface area contributed by atoms with Crippen molar-refractivity contribution in [3.63, 3.8) is 0 Å². The standard InChI is InChI=1S/C18H18N2O/c1-12-7-8-16(9-13(12)2)21-11-15-10-14-5-3-4-6-17(14)20-18(15)19/h3-10H,11H2,1-2H3,(H2,19,20). The molecule has 0 saturated carbocycles. The van der Waals surface area contributed by atoms with Gasteiger partial charge in [-0.05, 0) is 49.2 Å². The monoisotopic (exact) mass is 278 g/mol. The van der Waals surface area contributed by atoms with Crippen LogP contribution >= 0.6 is 0 Å². The molecule has 0 bridgehead atoms. The Balaban J connectivity index is 1.84. The van der Waals surface area contributed by atoms with Crippen molar-refractivity contribution < 1.29 is 4.74 Å². The maximum absolute atomic E-state index is 6.01. The molecule has 0 aliphatic rings. The van der Waals surface area contributed by atoms with E-state index in [0.29, 0.717) is 12.4 Å². The normalized spacial score (nSPS) is 10.8. The number of aromatic nitrogens is 1. The molecule has 0 fully saturated rings. The Hall–Kier alpha value is -2.55. The third-order valence-corrected chi connectivity index (χ3v) is 3.71. The summed E-state index contributed by atoms with van der Waals surface area (Å²) >= 11 is 0. The van der Waals surface area contributed by atoms with E-state index in [1.54, 1.807) is 0 Å². The van der Waals surface area contributed by atoms with Crippen LogP contribution < -0.4 is 10.5 Å². The molecule has 106 valence electrons. The zero-order valence-corrected chi connectivity index (χ0v) is 12.3. The number of para-hydroxylation sites is 1. The number of pyridine rings is 1. The minimum absolute atomic E-state index is 0.423. The summed E-state index contributed by atoms with van der Waals surface area (Å²) in [6.07, 6.45) is 0. The summed E-state index contributed by atoms with van der Waals surface area (Å²) < 4.78 is 5.84. The molecule has 3 nitrogen and oxygen atoms in total. The van der Waals surface area contributed by atoms with Gasteiger partial charge in [0.1, 0.15) is 18.2 Å². The Morgan fingerprint density at radius 1 is 1.00 bits per heavy atom. The van der Waals surface area contributed by atoms with Crippen LogP contribution in [0.4, 0.5) is 5.82 Å². The van der Waals surface area contributed by atoms with Crippen molar-refractivity contribution in [1.29, 1.82) is 0 Å². The van der Waals surface area contributed by atoms with Crippen LogP contribution in [-0.2, 0) is 6.61 Å². The van der Waals surface area contributed by atoms with E-state index in [2.05, 4.69) is 24.9 Å². The molecule has 2 aromatic carbocycles. The fourth-order valence-electron chi connectivity index (χ4n) is 2.26. The van der Waals surface area contributed by atoms with Crippen LogP contribution in [-0.4, -0.2) is 4.98 Å². The quantitative estimate of drug-likeness (QED) is 0.787. The molecule has 1 aromatic heterocycles. The number of nitrogens with two attached hydrogens (primary N) is 1. The Bertz CT molecular complexity index is 796. The fourth-order valence-corrected chi connectivity index (χ4v) is 2.26. The van der Waals surface area contributed by atoms with Crippen molar-refractivity contribution in [2.45, 2.75) is 20.5 Å². The van der Waals surface area contributed by atoms with E-state index < -0.39 is 0 Å². The molecule has 2 N–H and O–H groups in total. The van der Waals surface area contributed by atoms with E-state index in [-0.39, 0.29) is 0 Å². The van der Waals surface area contributed by atoms with Crippen LogP contribution in [0.2, 0.25) is 0 Å². The number of ether oxygens (including phenoxy) is 1. The average Bonchev–Trinajstić information content (AvgIpc) is 2.48. The summed E-state index contributed by atoms with van der Waals surface area (Å²) in [5.74, 6) is 1.38. The average molecular weight is 278 g/mol. The molecule has 3 aromatic rings. The first-order valence-electron chi connectivity index (χ1n) is 6.97. The number of aryl methyl sites for hydroxylation is 2. The SMILES string of the molecule is Cc1ccc(OCc2cc3ccccc3nc2N)cc1C. The van der Waals surface area contributed by atoms with Crippen molar-refractivity contribution >= 4 is 16.7 Å². The largest absolute Gasteiger partial charge is 0.489 e. The van der Waals surface area contributed by atoms with E-state index in [1.165, 1.54) is 11.1 Å². The Morgan fingerprint density at radius 2 is 1.81 bits per heavy atom. The Morgan fingerprint density at radius 3 is 2.62 bits per heavy atom. The summed E-state index contributed by atoms with van der Waals surface area (Å²) in [7, 11) is 0. The second-order valence-corrected chi connectivity index (χ2v) is 5.26. The van der Waals surface area contributed by atoms with E-state index in [1.807, 2.05) is 42.5 Å². The minimum Gasteiger partial charge on any atom is -0.489 e. The number of nitrogens with zero attached hydrogens (tertiary/aromatic N) is 1. The van der Waals surface area contributed by atoms with Gasteiger partial charge in [0.2, 0.25) is 0 Å². The van der Waals surface area contributed by atoms with E-state index >= 15 is 0 Å². The predicted molar refractivity (Wildman–Crippen MR) is 86.4 cm³/mol. The Kier molecular flexibility index (Phi) is 3.48. The molecule has 1 heterocycles. The number of hydrogen-bond acceptors (Lipinski definition) is 3. The van der Waals surface area contributed by atoms with E-state index in [4.69, 9.17) is 10.5 Å². The number of anilines is 1. The highest BCUT2D eigenvalue weighted by Crippen LogP contribution is 2.21. The van der Waals surface area contributed by atoms with Gasteiger partial charge in [0.15, 0.2) is 0 Å². The van der Waals surface area contributed by atoms with Crippen molar-refractivity contribution in [3.8, 4) is 5.75 Å². The van der Waals surface area contributed by atoms with Gasteiger partial charge in [-0.25, -0.2) is 4.98 Å². The highest BCUT2D eigenvalue weighted by atomic mass is 16.5. The highest BCUT2D eigenvalue weighted by Gasteiger charge is 2.05. The molecule has 0 aliphatic carbocycles. The van der Waals surface area contributed by atoms with Gasteiger partial charge in [0, 0.05) is 10.9 Å². The highest BCUT2D eigenvalue weighted by molar-refractivity contribution is 5.81. The molecule has 21 heavy (non-hydrogen) atoms. The van der Waals surface area contributed by atoms with Crippen molar-refractivity contribution in [1.82, 2.24) is 4.98 Å². The summed E-state index contributed by atoms with van der Waals surface area (Å²) in [6.45, 7) is 4.59. The summed E-state index contributed by atoms with van der Waals surface area (Å²) in [5.41, 5.74) is 10.3. The number of rotatable bonds is 3. The Labute approximate surface area is 124 Å². The second kappa shape index (κ2) is 5.44. The van der Waals surface area contributed by atoms with E-state index in [0.717, 1.165) is 22.2 Å². The molecular weight excluding hydrogens is 260 g/mol. The molecule has 0 radical (unpaired) electrons. The number of nitrogen functional groups attached to an aromatic ring is 1. The van der Waals surface area contributed by atoms with Gasteiger partial charge >= 0.3 is 0 Å². The van der Waals surface area contributed by atoms with Gasteiger partial charge in [-0.1, -0.05) is 24.3 Å². The lowest BCUT2D eigenvalue weighted by Gasteiger charge is -2.10. The number of benzene rings is 2. The van der Waals surface area contributed by atoms with Crippen LogP contribution in [0.1, 0.15) is 16.7 Å². The number of fused-ring (bicyclic) bond motifs is 1. The first-order valence-corrected chi connectivity index (χ1v) is 6.97. The maximum Gasteiger partial charge on any atom is 0.130 e. The van der Waals surface area contributed by atoms with Crippen LogP contribution in [0.3, 0.4) is 0 Å². The second-order valence-electron chi connectivity index (χ2n) is 5.26. The lowest BCUT2D eigenvalue weighted by atomic mass is 10.1. The molecule has 3 heteroatoms. The van der Waals surface area contributed by atoms with Crippen LogP contribution in [0.5, 0.6) is 5.75 Å². The molecule has 0 atom stereocenters. The zero-order valence-electron chi connectivity index (χ0n) is 12.3. The molecule has 0 amide bonds. The summed E-state index contributed by atoms with van der Waals surface area (Å²) in [5, 5.41) is 1.07. The molecular formula is C18H18N2O. The van der Waals surface area contributed by atoms with E-state index in [9.17, 15) is 0 Å². The van der Waals surface area contributed by atoms with Gasteiger partial charge in [-0.2, -0.15) is 0 Å². The van der Waals surface area contributed by atoms with Gasteiger partial charge in [0.25, 0.3) is 0 Å². The lowest BCUT2D eigenvalue weighted by Crippen LogP contribution is -2.03. The topological polar surface area (TPSA) is 48.1 Å². The molecule has 0 spiro atoms. The van der Waals surface area contributed by atoms with Crippen LogP contribution in [0.15, 0.2) is 48.5 Å². The first-order chi connectivity index (χ1) is 10.1. The van der Waals surface area contributed by atoms with Gasteiger partial charge in [0.05, 0.1) is 5.52 Å². The van der Waals surface area contributed by atoms with Gasteiger partial charge in [-0.15, -0.1) is 0 Å². The van der Waals surface area contributed by atoms with Crippen LogP contribution in [0.25, 0.3) is 10.9 Å². The summed E-state index contributed by atoms with van der Waals surface area (Å²) in [4.78, 5) is 4.42. The third kappa shape index (κ3) is 2.82. The first kappa shape index (κ1) is 13.4. The smallest absolute Gasteiger partial charge is 0.130 e.